The molecule has 28 unspecified atom stereocenters. The summed E-state index contributed by atoms with van der Waals surface area (Å²) in [6.45, 7) is 12.1. The first-order valence-corrected chi connectivity index (χ1v) is 24.8. The van der Waals surface area contributed by atoms with Gasteiger partial charge >= 0.3 is 5.97 Å². The molecular formula is C48H78O21. The average Bonchev–Trinajstić information content (AvgIpc) is 3.30. The maximum atomic E-state index is 15.0. The van der Waals surface area contributed by atoms with Crippen molar-refractivity contribution < 1.29 is 105 Å². The van der Waals surface area contributed by atoms with Gasteiger partial charge in [0.05, 0.1) is 49.7 Å². The summed E-state index contributed by atoms with van der Waals surface area (Å²) in [6, 6.07) is 0. The molecule has 0 radical (unpaired) electrons. The summed E-state index contributed by atoms with van der Waals surface area (Å²) in [4.78, 5) is 25.3. The van der Waals surface area contributed by atoms with E-state index >= 15 is 4.79 Å². The Bertz CT molecular complexity index is 1870. The Morgan fingerprint density at radius 3 is 2.00 bits per heavy atom. The van der Waals surface area contributed by atoms with Crippen molar-refractivity contribution in [2.75, 3.05) is 19.8 Å². The normalized spacial score (nSPS) is 56.5. The van der Waals surface area contributed by atoms with E-state index in [-0.39, 0.29) is 30.1 Å². The lowest BCUT2D eigenvalue weighted by atomic mass is 9.32. The van der Waals surface area contributed by atoms with Crippen LogP contribution in [0, 0.1) is 56.7 Å². The van der Waals surface area contributed by atoms with Crippen molar-refractivity contribution in [3.8, 4) is 0 Å². The first-order chi connectivity index (χ1) is 32.3. The Labute approximate surface area is 401 Å². The van der Waals surface area contributed by atoms with Gasteiger partial charge in [0.2, 0.25) is 12.6 Å². The fraction of sp³-hybridized carbons (Fsp3) is 0.938. The predicted molar refractivity (Wildman–Crippen MR) is 234 cm³/mol. The van der Waals surface area contributed by atoms with Gasteiger partial charge in [0.15, 0.2) is 6.29 Å². The van der Waals surface area contributed by atoms with Gasteiger partial charge in [0, 0.05) is 11.3 Å². The monoisotopic (exact) mass is 991 g/mol. The quantitative estimate of drug-likeness (QED) is 0.0481. The number of hydrogen-bond acceptors (Lipinski definition) is 21. The van der Waals surface area contributed by atoms with Gasteiger partial charge in [-0.15, -0.1) is 0 Å². The summed E-state index contributed by atoms with van der Waals surface area (Å²) in [5, 5.41) is 141. The van der Waals surface area contributed by atoms with E-state index in [2.05, 4.69) is 40.7 Å². The molecule has 13 N–H and O–H groups in total. The summed E-state index contributed by atoms with van der Waals surface area (Å²) in [6.07, 6.45) is -22.5. The molecule has 0 amide bonds. The molecular weight excluding hydrogens is 913 g/mol. The Hall–Kier alpha value is -1.55. The van der Waals surface area contributed by atoms with Gasteiger partial charge in [-0.05, 0) is 91.8 Å². The molecule has 396 valence electrons. The van der Waals surface area contributed by atoms with E-state index in [9.17, 15) is 66.4 Å². The van der Waals surface area contributed by atoms with Crippen molar-refractivity contribution in [2.45, 2.75) is 204 Å². The van der Waals surface area contributed by atoms with Crippen LogP contribution in [0.25, 0.3) is 0 Å². The van der Waals surface area contributed by atoms with Gasteiger partial charge in [0.25, 0.3) is 0 Å². The SMILES string of the molecule is CC1CCC2(C(=O)OC3OC(COC4OC(CO)C(OOC5OC(C)C(O)C(O)C5O)C(O)C4O)C(O)C(O)C3O)CCC3(C)C(=CCC4C5(C)CC(O)C(O)C(C)(CO)C5C(O)CC43C)C2C1C. The molecule has 21 nitrogen and oxygen atoms in total. The molecule has 3 saturated heterocycles. The van der Waals surface area contributed by atoms with E-state index in [1.165, 1.54) is 6.92 Å². The maximum Gasteiger partial charge on any atom is 0.315 e. The van der Waals surface area contributed by atoms with Crippen LogP contribution in [-0.4, -0.2) is 203 Å². The van der Waals surface area contributed by atoms with Gasteiger partial charge in [0.1, 0.15) is 67.1 Å². The lowest BCUT2D eigenvalue weighted by molar-refractivity contribution is -0.463. The highest BCUT2D eigenvalue weighted by Gasteiger charge is 2.73. The summed E-state index contributed by atoms with van der Waals surface area (Å²) in [7, 11) is 0. The van der Waals surface area contributed by atoms with E-state index < -0.39 is 169 Å². The molecule has 21 heteroatoms. The minimum atomic E-state index is -1.89. The van der Waals surface area contributed by atoms with Crippen LogP contribution in [0.2, 0.25) is 0 Å². The number of allylic oxidation sites excluding steroid dienone is 2. The van der Waals surface area contributed by atoms with E-state index in [4.69, 9.17) is 33.5 Å². The first-order valence-electron chi connectivity index (χ1n) is 24.8. The molecule has 0 spiro atoms. The number of esters is 1. The fourth-order valence-corrected chi connectivity index (χ4v) is 15.2. The van der Waals surface area contributed by atoms with Gasteiger partial charge < -0.3 is 90.1 Å². The van der Waals surface area contributed by atoms with Crippen molar-refractivity contribution in [3.05, 3.63) is 11.6 Å². The van der Waals surface area contributed by atoms with Crippen molar-refractivity contribution in [2.24, 2.45) is 56.7 Å². The summed E-state index contributed by atoms with van der Waals surface area (Å²) in [5.41, 5.74) is -2.86. The molecule has 0 aromatic heterocycles. The Morgan fingerprint density at radius 1 is 0.696 bits per heavy atom. The van der Waals surface area contributed by atoms with Crippen LogP contribution < -0.4 is 0 Å². The molecule has 7 fully saturated rings. The van der Waals surface area contributed by atoms with Gasteiger partial charge in [-0.1, -0.05) is 53.2 Å². The number of carbonyl (C=O) groups is 1. The largest absolute Gasteiger partial charge is 0.432 e. The molecule has 3 heterocycles. The molecule has 0 aromatic carbocycles. The third kappa shape index (κ3) is 8.29. The minimum Gasteiger partial charge on any atom is -0.432 e. The third-order valence-electron chi connectivity index (χ3n) is 19.6. The number of aliphatic hydroxyl groups excluding tert-OH is 13. The number of carbonyl (C=O) groups excluding carboxylic acids is 1. The summed E-state index contributed by atoms with van der Waals surface area (Å²) in [5.74, 6) is -1.33. The molecule has 28 atom stereocenters. The zero-order valence-electron chi connectivity index (χ0n) is 40.5. The molecule has 69 heavy (non-hydrogen) atoms. The molecule has 8 aliphatic rings. The topological polar surface area (TPSA) is 345 Å². The van der Waals surface area contributed by atoms with Crippen LogP contribution >= 0.6 is 0 Å². The van der Waals surface area contributed by atoms with Crippen molar-refractivity contribution in [3.63, 3.8) is 0 Å². The number of aliphatic hydroxyl groups is 13. The van der Waals surface area contributed by atoms with Gasteiger partial charge in [-0.25, -0.2) is 9.78 Å². The van der Waals surface area contributed by atoms with Crippen LogP contribution in [0.15, 0.2) is 11.6 Å². The zero-order chi connectivity index (χ0) is 50.7. The first kappa shape index (κ1) is 53.7. The van der Waals surface area contributed by atoms with Crippen LogP contribution in [0.5, 0.6) is 0 Å². The Morgan fingerprint density at radius 2 is 1.33 bits per heavy atom. The average molecular weight is 991 g/mol. The van der Waals surface area contributed by atoms with Crippen molar-refractivity contribution >= 4 is 5.97 Å². The number of ether oxygens (including phenoxy) is 5. The second-order valence-corrected chi connectivity index (χ2v) is 23.1. The third-order valence-corrected chi connectivity index (χ3v) is 19.6. The highest BCUT2D eigenvalue weighted by atomic mass is 17.2. The van der Waals surface area contributed by atoms with Gasteiger partial charge in [-0.2, -0.15) is 0 Å². The van der Waals surface area contributed by atoms with Crippen molar-refractivity contribution in [1.29, 1.82) is 0 Å². The fourth-order valence-electron chi connectivity index (χ4n) is 15.2. The van der Waals surface area contributed by atoms with E-state index in [0.717, 1.165) is 5.57 Å². The highest BCUT2D eigenvalue weighted by Crippen LogP contribution is 2.76. The molecule has 0 aromatic rings. The highest BCUT2D eigenvalue weighted by molar-refractivity contribution is 5.79. The summed E-state index contributed by atoms with van der Waals surface area (Å²) >= 11 is 0. The zero-order valence-corrected chi connectivity index (χ0v) is 40.5. The molecule has 0 bridgehead atoms. The number of hydrogen-bond donors (Lipinski definition) is 13. The minimum absolute atomic E-state index is 0.0151. The van der Waals surface area contributed by atoms with Crippen LogP contribution in [0.4, 0.5) is 0 Å². The smallest absolute Gasteiger partial charge is 0.315 e. The second-order valence-electron chi connectivity index (χ2n) is 23.1. The van der Waals surface area contributed by atoms with Crippen LogP contribution in [0.3, 0.4) is 0 Å². The molecule has 8 rings (SSSR count). The Balaban J connectivity index is 0.978. The Kier molecular flexibility index (Phi) is 15.0. The summed E-state index contributed by atoms with van der Waals surface area (Å²) < 4.78 is 28.8. The molecule has 3 aliphatic heterocycles. The maximum absolute atomic E-state index is 15.0. The van der Waals surface area contributed by atoms with Crippen LogP contribution in [-0.2, 0) is 38.3 Å². The van der Waals surface area contributed by atoms with E-state index in [0.29, 0.717) is 38.5 Å². The lowest BCUT2D eigenvalue weighted by Gasteiger charge is -2.72. The standard InChI is InChI=1S/C48H78O21/c1-19-10-11-48(13-12-46(6)22(28(48)20(19)2)8-9-27-44(4)14-24(52)39(61)45(5,18-50)38(44)23(51)15-47(27,46)7)43(62)67-41-34(58)32(56)30(54)26(66-41)17-63-40-36(60)33(57)37(25(16-49)65-40)68-69-42-35(59)31(55)29(53)21(3)64-42/h8,19-21,23-42,49-61H,9-18H2,1-7H3. The number of fused-ring (bicyclic) bond motifs is 7. The lowest BCUT2D eigenvalue weighted by Crippen LogP contribution is -2.71. The van der Waals surface area contributed by atoms with E-state index in [1.807, 2.05) is 0 Å². The van der Waals surface area contributed by atoms with Crippen LogP contribution in [0.1, 0.15) is 93.4 Å². The number of rotatable bonds is 10. The predicted octanol–water partition coefficient (Wildman–Crippen LogP) is -2.13. The van der Waals surface area contributed by atoms with Gasteiger partial charge in [-0.3, -0.25) is 4.79 Å². The second kappa shape index (κ2) is 19.3. The van der Waals surface area contributed by atoms with E-state index in [1.54, 1.807) is 6.92 Å². The molecule has 4 saturated carbocycles. The van der Waals surface area contributed by atoms with Crippen molar-refractivity contribution in [1.82, 2.24) is 0 Å². The molecule has 5 aliphatic carbocycles.